The van der Waals surface area contributed by atoms with E-state index in [2.05, 4.69) is 10.3 Å². The van der Waals surface area contributed by atoms with E-state index in [0.29, 0.717) is 24.2 Å². The van der Waals surface area contributed by atoms with Gasteiger partial charge in [0.1, 0.15) is 5.82 Å². The third-order valence-electron chi connectivity index (χ3n) is 3.46. The fraction of sp³-hybridized carbons (Fsp3) is 0.571. The first kappa shape index (κ1) is 15.8. The Bertz CT molecular complexity index is 628. The number of sulfone groups is 1. The normalized spacial score (nSPS) is 20.9. The molecule has 116 valence electrons. The zero-order valence-electron chi connectivity index (χ0n) is 12.1. The quantitative estimate of drug-likeness (QED) is 0.861. The topological polar surface area (TPSA) is 102 Å². The van der Waals surface area contributed by atoms with E-state index in [1.807, 2.05) is 6.92 Å². The predicted octanol–water partition coefficient (Wildman–Crippen LogP) is 0.923. The number of aromatic nitrogens is 1. The molecule has 2 rings (SSSR count). The molecule has 7 heteroatoms. The molecular weight excluding hydrogens is 290 g/mol. The zero-order chi connectivity index (χ0) is 15.5. The van der Waals surface area contributed by atoms with Gasteiger partial charge in [0.05, 0.1) is 11.5 Å². The number of nitrogen functional groups attached to an aromatic ring is 1. The van der Waals surface area contributed by atoms with Gasteiger partial charge in [0.15, 0.2) is 9.84 Å². The van der Waals surface area contributed by atoms with E-state index in [-0.39, 0.29) is 23.5 Å². The molecule has 2 heterocycles. The lowest BCUT2D eigenvalue weighted by Crippen LogP contribution is -2.43. The molecule has 0 spiro atoms. The van der Waals surface area contributed by atoms with Crippen LogP contribution in [0.4, 0.5) is 5.82 Å². The summed E-state index contributed by atoms with van der Waals surface area (Å²) in [6.07, 6.45) is 2.95. The average molecular weight is 311 g/mol. The third-order valence-corrected chi connectivity index (χ3v) is 5.29. The van der Waals surface area contributed by atoms with E-state index in [4.69, 9.17) is 5.73 Å². The highest BCUT2D eigenvalue weighted by molar-refractivity contribution is 7.91. The standard InChI is InChI=1S/C14H21N3O3S/c1-2-4-11-7-10(8-13(15)16-11)14(18)17-12-5-3-6-21(19,20)9-12/h7-8,12H,2-6,9H2,1H3,(H2,15,16)(H,17,18). The summed E-state index contributed by atoms with van der Waals surface area (Å²) in [5.74, 6) is 0.245. The van der Waals surface area contributed by atoms with Gasteiger partial charge in [0.25, 0.3) is 5.91 Å². The predicted molar refractivity (Wildman–Crippen MR) is 81.8 cm³/mol. The maximum absolute atomic E-state index is 12.2. The highest BCUT2D eigenvalue weighted by Crippen LogP contribution is 2.14. The summed E-state index contributed by atoms with van der Waals surface area (Å²) in [7, 11) is -3.04. The second-order valence-electron chi connectivity index (χ2n) is 5.45. The molecule has 1 unspecified atom stereocenters. The van der Waals surface area contributed by atoms with Crippen LogP contribution in [0, 0.1) is 0 Å². The minimum Gasteiger partial charge on any atom is -0.384 e. The molecule has 0 saturated carbocycles. The highest BCUT2D eigenvalue weighted by Gasteiger charge is 2.26. The fourth-order valence-corrected chi connectivity index (χ4v) is 4.17. The molecule has 21 heavy (non-hydrogen) atoms. The third kappa shape index (κ3) is 4.42. The molecule has 1 amide bonds. The summed E-state index contributed by atoms with van der Waals surface area (Å²) in [5, 5.41) is 2.79. The Labute approximate surface area is 125 Å². The molecular formula is C14H21N3O3S. The molecule has 6 nitrogen and oxygen atoms in total. The van der Waals surface area contributed by atoms with Crippen LogP contribution >= 0.6 is 0 Å². The molecule has 3 N–H and O–H groups in total. The van der Waals surface area contributed by atoms with Gasteiger partial charge in [-0.25, -0.2) is 13.4 Å². The van der Waals surface area contributed by atoms with Gasteiger partial charge in [-0.15, -0.1) is 0 Å². The van der Waals surface area contributed by atoms with Crippen molar-refractivity contribution in [3.63, 3.8) is 0 Å². The Morgan fingerprint density at radius 3 is 2.90 bits per heavy atom. The van der Waals surface area contributed by atoms with Crippen LogP contribution in [0.1, 0.15) is 42.2 Å². The summed E-state index contributed by atoms with van der Waals surface area (Å²) in [6, 6.07) is 2.92. The van der Waals surface area contributed by atoms with Gasteiger partial charge in [-0.05, 0) is 31.4 Å². The number of anilines is 1. The van der Waals surface area contributed by atoms with Crippen LogP contribution in [-0.2, 0) is 16.3 Å². The second-order valence-corrected chi connectivity index (χ2v) is 7.68. The number of carbonyl (C=O) groups is 1. The lowest BCUT2D eigenvalue weighted by Gasteiger charge is -2.23. The van der Waals surface area contributed by atoms with Crippen LogP contribution in [0.2, 0.25) is 0 Å². The van der Waals surface area contributed by atoms with Gasteiger partial charge in [0, 0.05) is 17.3 Å². The molecule has 0 aromatic carbocycles. The number of carbonyl (C=O) groups excluding carboxylic acids is 1. The Hall–Kier alpha value is -1.63. The molecule has 0 bridgehead atoms. The van der Waals surface area contributed by atoms with Gasteiger partial charge in [-0.2, -0.15) is 0 Å². The van der Waals surface area contributed by atoms with Crippen molar-refractivity contribution in [2.75, 3.05) is 17.2 Å². The Morgan fingerprint density at radius 2 is 2.24 bits per heavy atom. The first-order valence-electron chi connectivity index (χ1n) is 7.17. The SMILES string of the molecule is CCCc1cc(C(=O)NC2CCCS(=O)(=O)C2)cc(N)n1. The molecule has 1 atom stereocenters. The molecule has 1 saturated heterocycles. The van der Waals surface area contributed by atoms with Crippen molar-refractivity contribution in [3.8, 4) is 0 Å². The van der Waals surface area contributed by atoms with Gasteiger partial charge in [0.2, 0.25) is 0 Å². The van der Waals surface area contributed by atoms with Crippen molar-refractivity contribution in [1.29, 1.82) is 0 Å². The summed E-state index contributed by atoms with van der Waals surface area (Å²) in [6.45, 7) is 2.03. The zero-order valence-corrected chi connectivity index (χ0v) is 12.9. The number of amides is 1. The first-order valence-corrected chi connectivity index (χ1v) is 8.99. The van der Waals surface area contributed by atoms with Crippen LogP contribution < -0.4 is 11.1 Å². The van der Waals surface area contributed by atoms with Crippen LogP contribution in [-0.4, -0.2) is 36.9 Å². The number of hydrogen-bond donors (Lipinski definition) is 2. The molecule has 1 fully saturated rings. The van der Waals surface area contributed by atoms with E-state index < -0.39 is 9.84 Å². The van der Waals surface area contributed by atoms with Crippen molar-refractivity contribution in [2.45, 2.75) is 38.6 Å². The number of hydrogen-bond acceptors (Lipinski definition) is 5. The number of nitrogens with zero attached hydrogens (tertiary/aromatic N) is 1. The molecule has 1 aromatic rings. The Kier molecular flexibility index (Phi) is 4.82. The fourth-order valence-electron chi connectivity index (χ4n) is 2.53. The minimum absolute atomic E-state index is 0.0150. The average Bonchev–Trinajstić information content (AvgIpc) is 2.37. The van der Waals surface area contributed by atoms with E-state index >= 15 is 0 Å². The first-order chi connectivity index (χ1) is 9.89. The van der Waals surface area contributed by atoms with E-state index in [1.165, 1.54) is 6.07 Å². The van der Waals surface area contributed by atoms with Crippen molar-refractivity contribution in [1.82, 2.24) is 10.3 Å². The Morgan fingerprint density at radius 1 is 1.48 bits per heavy atom. The molecule has 0 aliphatic carbocycles. The van der Waals surface area contributed by atoms with Crippen molar-refractivity contribution < 1.29 is 13.2 Å². The number of aryl methyl sites for hydroxylation is 1. The van der Waals surface area contributed by atoms with Gasteiger partial charge in [-0.1, -0.05) is 13.3 Å². The summed E-state index contributed by atoms with van der Waals surface area (Å²) in [5.41, 5.74) is 6.93. The van der Waals surface area contributed by atoms with Crippen molar-refractivity contribution in [3.05, 3.63) is 23.4 Å². The van der Waals surface area contributed by atoms with Gasteiger partial charge >= 0.3 is 0 Å². The summed E-state index contributed by atoms with van der Waals surface area (Å²) in [4.78, 5) is 16.4. The van der Waals surface area contributed by atoms with E-state index in [9.17, 15) is 13.2 Å². The van der Waals surface area contributed by atoms with E-state index in [1.54, 1.807) is 6.07 Å². The molecule has 1 aliphatic heterocycles. The van der Waals surface area contributed by atoms with Gasteiger partial charge < -0.3 is 11.1 Å². The van der Waals surface area contributed by atoms with Crippen LogP contribution in [0.3, 0.4) is 0 Å². The number of nitrogens with one attached hydrogen (secondary N) is 1. The second kappa shape index (κ2) is 6.43. The lowest BCUT2D eigenvalue weighted by molar-refractivity contribution is 0.0938. The number of pyridine rings is 1. The maximum atomic E-state index is 12.2. The molecule has 1 aromatic heterocycles. The largest absolute Gasteiger partial charge is 0.384 e. The van der Waals surface area contributed by atoms with E-state index in [0.717, 1.165) is 18.5 Å². The monoisotopic (exact) mass is 311 g/mol. The van der Waals surface area contributed by atoms with Gasteiger partial charge in [-0.3, -0.25) is 4.79 Å². The number of rotatable bonds is 4. The number of nitrogens with two attached hydrogens (primary N) is 1. The highest BCUT2D eigenvalue weighted by atomic mass is 32.2. The van der Waals surface area contributed by atoms with Crippen LogP contribution in [0.15, 0.2) is 12.1 Å². The van der Waals surface area contributed by atoms with Crippen LogP contribution in [0.25, 0.3) is 0 Å². The molecule has 0 radical (unpaired) electrons. The van der Waals surface area contributed by atoms with Crippen LogP contribution in [0.5, 0.6) is 0 Å². The lowest BCUT2D eigenvalue weighted by atomic mass is 10.1. The van der Waals surface area contributed by atoms with Crippen molar-refractivity contribution in [2.24, 2.45) is 0 Å². The Balaban J connectivity index is 2.09. The summed E-state index contributed by atoms with van der Waals surface area (Å²) < 4.78 is 23.2. The summed E-state index contributed by atoms with van der Waals surface area (Å²) >= 11 is 0. The smallest absolute Gasteiger partial charge is 0.251 e. The molecule has 1 aliphatic rings. The minimum atomic E-state index is -3.04. The maximum Gasteiger partial charge on any atom is 0.251 e. The van der Waals surface area contributed by atoms with Crippen molar-refractivity contribution >= 4 is 21.6 Å².